The molecule has 1 aliphatic rings. The number of carbonyl (C=O) groups is 2. The summed E-state index contributed by atoms with van der Waals surface area (Å²) in [5.41, 5.74) is 1.33. The lowest BCUT2D eigenvalue weighted by molar-refractivity contribution is -0.138. The van der Waals surface area contributed by atoms with E-state index in [4.69, 9.17) is 9.47 Å². The monoisotopic (exact) mass is 353 g/mol. The third-order valence-electron chi connectivity index (χ3n) is 4.56. The zero-order valence-electron chi connectivity index (χ0n) is 15.1. The molecule has 0 saturated carbocycles. The minimum absolute atomic E-state index is 0.0496. The van der Waals surface area contributed by atoms with Crippen LogP contribution in [0.15, 0.2) is 48.5 Å². The molecular formula is C21H23NO4. The topological polar surface area (TPSA) is 55.8 Å². The van der Waals surface area contributed by atoms with Crippen molar-refractivity contribution in [3.8, 4) is 11.5 Å². The Balaban J connectivity index is 1.93. The van der Waals surface area contributed by atoms with Crippen LogP contribution >= 0.6 is 0 Å². The predicted octanol–water partition coefficient (Wildman–Crippen LogP) is 3.64. The Hall–Kier alpha value is -2.82. The molecule has 0 radical (unpaired) electrons. The summed E-state index contributed by atoms with van der Waals surface area (Å²) in [6.07, 6.45) is 1.29. The molecule has 5 heteroatoms. The fraction of sp³-hybridized carbons (Fsp3) is 0.333. The lowest BCUT2D eigenvalue weighted by Gasteiger charge is -2.25. The lowest BCUT2D eigenvalue weighted by atomic mass is 10.1. The van der Waals surface area contributed by atoms with Gasteiger partial charge in [0.25, 0.3) is 5.91 Å². The molecular weight excluding hydrogens is 330 g/mol. The van der Waals surface area contributed by atoms with E-state index in [1.165, 1.54) is 14.0 Å². The second-order valence-electron chi connectivity index (χ2n) is 6.36. The highest BCUT2D eigenvalue weighted by Crippen LogP contribution is 2.33. The number of Topliss-reactive ketones (excluding diaryl/α,β-unsaturated/α-hetero) is 1. The van der Waals surface area contributed by atoms with Crippen LogP contribution in [-0.4, -0.2) is 36.8 Å². The van der Waals surface area contributed by atoms with Crippen LogP contribution in [0.4, 0.5) is 0 Å². The normalized spacial score (nSPS) is 14.8. The number of ketones is 1. The SMILES string of the molecule is COc1cc(C(C)=O)ccc1O[C@H](C(=O)N1CCCC1)c1ccccc1. The first-order valence-corrected chi connectivity index (χ1v) is 8.79. The summed E-state index contributed by atoms with van der Waals surface area (Å²) < 4.78 is 11.5. The summed E-state index contributed by atoms with van der Waals surface area (Å²) >= 11 is 0. The van der Waals surface area contributed by atoms with Gasteiger partial charge in [0.1, 0.15) is 0 Å². The molecule has 0 bridgehead atoms. The van der Waals surface area contributed by atoms with E-state index in [1.807, 2.05) is 35.2 Å². The molecule has 26 heavy (non-hydrogen) atoms. The van der Waals surface area contributed by atoms with Gasteiger partial charge in [0.15, 0.2) is 17.3 Å². The van der Waals surface area contributed by atoms with Crippen molar-refractivity contribution in [3.05, 3.63) is 59.7 Å². The maximum atomic E-state index is 13.0. The van der Waals surface area contributed by atoms with Crippen LogP contribution in [0, 0.1) is 0 Å². The molecule has 0 aliphatic carbocycles. The average Bonchev–Trinajstić information content (AvgIpc) is 3.21. The number of methoxy groups -OCH3 is 1. The van der Waals surface area contributed by atoms with Crippen molar-refractivity contribution in [2.24, 2.45) is 0 Å². The van der Waals surface area contributed by atoms with Gasteiger partial charge in [0.05, 0.1) is 7.11 Å². The van der Waals surface area contributed by atoms with E-state index in [-0.39, 0.29) is 11.7 Å². The number of carbonyl (C=O) groups excluding carboxylic acids is 2. The van der Waals surface area contributed by atoms with Crippen LogP contribution in [-0.2, 0) is 4.79 Å². The molecule has 1 fully saturated rings. The largest absolute Gasteiger partial charge is 0.493 e. The van der Waals surface area contributed by atoms with E-state index in [1.54, 1.807) is 18.2 Å². The van der Waals surface area contributed by atoms with Gasteiger partial charge in [0.2, 0.25) is 6.10 Å². The second kappa shape index (κ2) is 8.04. The second-order valence-corrected chi connectivity index (χ2v) is 6.36. The van der Waals surface area contributed by atoms with E-state index < -0.39 is 6.10 Å². The Kier molecular flexibility index (Phi) is 5.56. The highest BCUT2D eigenvalue weighted by molar-refractivity contribution is 5.94. The molecule has 2 aromatic rings. The van der Waals surface area contributed by atoms with E-state index in [0.29, 0.717) is 17.1 Å². The summed E-state index contributed by atoms with van der Waals surface area (Å²) in [6, 6.07) is 14.5. The summed E-state index contributed by atoms with van der Waals surface area (Å²) in [4.78, 5) is 26.5. The van der Waals surface area contributed by atoms with Gasteiger partial charge in [-0.15, -0.1) is 0 Å². The van der Waals surface area contributed by atoms with E-state index in [2.05, 4.69) is 0 Å². The number of benzene rings is 2. The quantitative estimate of drug-likeness (QED) is 0.744. The molecule has 1 saturated heterocycles. The standard InChI is InChI=1S/C21H23NO4/c1-15(23)17-10-11-18(19(14-17)25-2)26-20(16-8-4-3-5-9-16)21(24)22-12-6-7-13-22/h3-5,8-11,14,20H,6-7,12-13H2,1-2H3/t20-/m0/s1. The Morgan fingerprint density at radius 2 is 1.69 bits per heavy atom. The Labute approximate surface area is 153 Å². The fourth-order valence-corrected chi connectivity index (χ4v) is 3.10. The van der Waals surface area contributed by atoms with Gasteiger partial charge in [0, 0.05) is 24.2 Å². The van der Waals surface area contributed by atoms with Gasteiger partial charge in [-0.05, 0) is 38.0 Å². The minimum Gasteiger partial charge on any atom is -0.493 e. The van der Waals surface area contributed by atoms with E-state index >= 15 is 0 Å². The van der Waals surface area contributed by atoms with Crippen LogP contribution in [0.3, 0.4) is 0 Å². The number of hydrogen-bond acceptors (Lipinski definition) is 4. The van der Waals surface area contributed by atoms with Crippen molar-refractivity contribution in [2.45, 2.75) is 25.9 Å². The maximum Gasteiger partial charge on any atom is 0.268 e. The zero-order valence-corrected chi connectivity index (χ0v) is 15.1. The molecule has 136 valence electrons. The summed E-state index contributed by atoms with van der Waals surface area (Å²) in [5, 5.41) is 0. The van der Waals surface area contributed by atoms with Gasteiger partial charge >= 0.3 is 0 Å². The number of amides is 1. The van der Waals surface area contributed by atoms with Crippen molar-refractivity contribution in [1.82, 2.24) is 4.90 Å². The molecule has 0 N–H and O–H groups in total. The summed E-state index contributed by atoms with van der Waals surface area (Å²) in [6.45, 7) is 3.01. The summed E-state index contributed by atoms with van der Waals surface area (Å²) in [7, 11) is 1.52. The first kappa shape index (κ1) is 18.0. The molecule has 0 spiro atoms. The lowest BCUT2D eigenvalue weighted by Crippen LogP contribution is -2.35. The Morgan fingerprint density at radius 3 is 2.31 bits per heavy atom. The number of likely N-dealkylation sites (tertiary alicyclic amines) is 1. The minimum atomic E-state index is -0.744. The molecule has 0 unspecified atom stereocenters. The zero-order chi connectivity index (χ0) is 18.5. The first-order valence-electron chi connectivity index (χ1n) is 8.79. The van der Waals surface area contributed by atoms with E-state index in [0.717, 1.165) is 31.5 Å². The molecule has 5 nitrogen and oxygen atoms in total. The number of hydrogen-bond donors (Lipinski definition) is 0. The van der Waals surface area contributed by atoms with Gasteiger partial charge in [-0.25, -0.2) is 0 Å². The van der Waals surface area contributed by atoms with Gasteiger partial charge in [-0.2, -0.15) is 0 Å². The first-order chi connectivity index (χ1) is 12.6. The van der Waals surface area contributed by atoms with Crippen molar-refractivity contribution in [3.63, 3.8) is 0 Å². The molecule has 1 atom stereocenters. The van der Waals surface area contributed by atoms with Crippen LogP contribution < -0.4 is 9.47 Å². The molecule has 1 amide bonds. The predicted molar refractivity (Wildman–Crippen MR) is 98.6 cm³/mol. The molecule has 0 aromatic heterocycles. The molecule has 1 heterocycles. The van der Waals surface area contributed by atoms with Crippen LogP contribution in [0.25, 0.3) is 0 Å². The molecule has 1 aliphatic heterocycles. The van der Waals surface area contributed by atoms with Gasteiger partial charge in [-0.3, -0.25) is 9.59 Å². The highest BCUT2D eigenvalue weighted by atomic mass is 16.5. The van der Waals surface area contributed by atoms with Gasteiger partial charge in [-0.1, -0.05) is 30.3 Å². The highest BCUT2D eigenvalue weighted by Gasteiger charge is 2.30. The van der Waals surface area contributed by atoms with Crippen molar-refractivity contribution in [1.29, 1.82) is 0 Å². The van der Waals surface area contributed by atoms with Crippen molar-refractivity contribution >= 4 is 11.7 Å². The van der Waals surface area contributed by atoms with Crippen LogP contribution in [0.1, 0.15) is 41.8 Å². The third-order valence-corrected chi connectivity index (χ3v) is 4.56. The Bertz CT molecular complexity index is 782. The van der Waals surface area contributed by atoms with Crippen molar-refractivity contribution < 1.29 is 19.1 Å². The average molecular weight is 353 g/mol. The molecule has 2 aromatic carbocycles. The third kappa shape index (κ3) is 3.87. The number of ether oxygens (including phenoxy) is 2. The fourth-order valence-electron chi connectivity index (χ4n) is 3.10. The maximum absolute atomic E-state index is 13.0. The van der Waals surface area contributed by atoms with Crippen LogP contribution in [0.2, 0.25) is 0 Å². The van der Waals surface area contributed by atoms with E-state index in [9.17, 15) is 9.59 Å². The smallest absolute Gasteiger partial charge is 0.268 e. The number of nitrogens with zero attached hydrogens (tertiary/aromatic N) is 1. The summed E-state index contributed by atoms with van der Waals surface area (Å²) in [5.74, 6) is 0.778. The van der Waals surface area contributed by atoms with Crippen LogP contribution in [0.5, 0.6) is 11.5 Å². The number of rotatable bonds is 6. The van der Waals surface area contributed by atoms with Crippen molar-refractivity contribution in [2.75, 3.05) is 20.2 Å². The molecule has 3 rings (SSSR count). The Morgan fingerprint density at radius 1 is 1.00 bits per heavy atom. The van der Waals surface area contributed by atoms with Gasteiger partial charge < -0.3 is 14.4 Å².